The van der Waals surface area contributed by atoms with Crippen LogP contribution in [0, 0.1) is 6.92 Å². The summed E-state index contributed by atoms with van der Waals surface area (Å²) in [5.41, 5.74) is 4.55. The first-order valence-corrected chi connectivity index (χ1v) is 7.34. The van der Waals surface area contributed by atoms with Gasteiger partial charge in [0.1, 0.15) is 11.3 Å². The molecule has 4 rings (SSSR count). The van der Waals surface area contributed by atoms with Crippen LogP contribution in [0.4, 0.5) is 11.4 Å². The summed E-state index contributed by atoms with van der Waals surface area (Å²) in [6.07, 6.45) is 0. The molecule has 2 aromatic heterocycles. The molecule has 0 saturated heterocycles. The number of aromatic amines is 1. The molecular formula is C18H14N4O. The molecule has 1 N–H and O–H groups in total. The van der Waals surface area contributed by atoms with Gasteiger partial charge in [0.2, 0.25) is 0 Å². The highest BCUT2D eigenvalue weighted by Gasteiger charge is 2.12. The number of pyridine rings is 1. The van der Waals surface area contributed by atoms with Crippen molar-refractivity contribution in [3.05, 3.63) is 76.6 Å². The first kappa shape index (κ1) is 13.5. The lowest BCUT2D eigenvalue weighted by molar-refractivity contribution is 1.11. The molecule has 0 spiro atoms. The second kappa shape index (κ2) is 5.21. The maximum Gasteiger partial charge on any atom is 0.257 e. The highest BCUT2D eigenvalue weighted by atomic mass is 16.1. The van der Waals surface area contributed by atoms with Gasteiger partial charge in [-0.3, -0.25) is 9.20 Å². The number of aryl methyl sites for hydroxylation is 1. The number of nitrogens with zero attached hydrogens (tertiary/aromatic N) is 3. The Bertz CT molecular complexity index is 1090. The number of fused-ring (bicyclic) bond motifs is 3. The Balaban J connectivity index is 1.99. The van der Waals surface area contributed by atoms with E-state index in [1.54, 1.807) is 10.5 Å². The molecule has 5 nitrogen and oxygen atoms in total. The minimum Gasteiger partial charge on any atom is -0.338 e. The summed E-state index contributed by atoms with van der Waals surface area (Å²) in [6, 6.07) is 18.8. The number of nitrogens with one attached hydrogen (secondary N) is 1. The number of imidazole rings is 1. The van der Waals surface area contributed by atoms with E-state index >= 15 is 0 Å². The van der Waals surface area contributed by atoms with Crippen molar-refractivity contribution in [2.24, 2.45) is 10.2 Å². The highest BCUT2D eigenvalue weighted by Crippen LogP contribution is 2.27. The van der Waals surface area contributed by atoms with Gasteiger partial charge in [-0.15, -0.1) is 5.11 Å². The van der Waals surface area contributed by atoms with E-state index in [0.29, 0.717) is 11.3 Å². The third kappa shape index (κ3) is 2.23. The van der Waals surface area contributed by atoms with Gasteiger partial charge < -0.3 is 4.98 Å². The highest BCUT2D eigenvalue weighted by molar-refractivity contribution is 5.85. The maximum absolute atomic E-state index is 12.4. The predicted molar refractivity (Wildman–Crippen MR) is 90.9 cm³/mol. The Hall–Kier alpha value is -3.21. The Kier molecular flexibility index (Phi) is 3.05. The lowest BCUT2D eigenvalue weighted by Crippen LogP contribution is -2.11. The lowest BCUT2D eigenvalue weighted by Gasteiger charge is -2.02. The van der Waals surface area contributed by atoms with Gasteiger partial charge in [0.25, 0.3) is 5.56 Å². The molecule has 2 aromatic carbocycles. The van der Waals surface area contributed by atoms with Gasteiger partial charge in [-0.1, -0.05) is 30.3 Å². The van der Waals surface area contributed by atoms with Gasteiger partial charge in [0.15, 0.2) is 0 Å². The first-order chi connectivity index (χ1) is 11.2. The third-order valence-corrected chi connectivity index (χ3v) is 3.80. The topological polar surface area (TPSA) is 62.0 Å². The van der Waals surface area contributed by atoms with E-state index in [1.165, 1.54) is 0 Å². The summed E-state index contributed by atoms with van der Waals surface area (Å²) >= 11 is 0. The fraction of sp³-hybridized carbons (Fsp3) is 0.0556. The number of para-hydroxylation sites is 2. The molecule has 0 fully saturated rings. The van der Waals surface area contributed by atoms with E-state index in [4.69, 9.17) is 0 Å². The molecule has 0 aliphatic heterocycles. The molecular weight excluding hydrogens is 288 g/mol. The van der Waals surface area contributed by atoms with Gasteiger partial charge in [-0.2, -0.15) is 5.11 Å². The van der Waals surface area contributed by atoms with E-state index in [0.717, 1.165) is 22.3 Å². The molecule has 0 amide bonds. The fourth-order valence-electron chi connectivity index (χ4n) is 2.71. The van der Waals surface area contributed by atoms with Gasteiger partial charge in [-0.25, -0.2) is 0 Å². The van der Waals surface area contributed by atoms with Crippen LogP contribution in [0.3, 0.4) is 0 Å². The van der Waals surface area contributed by atoms with E-state index in [9.17, 15) is 4.79 Å². The predicted octanol–water partition coefficient (Wildman–Crippen LogP) is 4.50. The van der Waals surface area contributed by atoms with Crippen LogP contribution in [0.5, 0.6) is 0 Å². The number of rotatable bonds is 2. The molecule has 2 heterocycles. The Morgan fingerprint density at radius 3 is 2.52 bits per heavy atom. The van der Waals surface area contributed by atoms with Crippen molar-refractivity contribution in [2.75, 3.05) is 0 Å². The van der Waals surface area contributed by atoms with Gasteiger partial charge in [-0.05, 0) is 36.8 Å². The monoisotopic (exact) mass is 302 g/mol. The normalized spacial score (nSPS) is 11.7. The Morgan fingerprint density at radius 1 is 0.957 bits per heavy atom. The third-order valence-electron chi connectivity index (χ3n) is 3.80. The number of azo groups is 1. The summed E-state index contributed by atoms with van der Waals surface area (Å²) in [7, 11) is 0. The van der Waals surface area contributed by atoms with Crippen LogP contribution in [0.15, 0.2) is 75.7 Å². The number of aromatic nitrogens is 2. The van der Waals surface area contributed by atoms with Gasteiger partial charge in [0.05, 0.1) is 16.7 Å². The zero-order valence-electron chi connectivity index (χ0n) is 12.5. The molecule has 0 aliphatic rings. The van der Waals surface area contributed by atoms with Crippen LogP contribution in [0.1, 0.15) is 5.56 Å². The molecule has 0 aliphatic carbocycles. The molecule has 5 heteroatoms. The number of hydrogen-bond acceptors (Lipinski definition) is 3. The molecule has 0 unspecified atom stereocenters. The quantitative estimate of drug-likeness (QED) is 0.544. The Morgan fingerprint density at radius 2 is 1.70 bits per heavy atom. The SMILES string of the molecule is Cc1cc(=O)n2c([nH]c3ccccc32)c1N=Nc1ccccc1. The van der Waals surface area contributed by atoms with Gasteiger partial charge >= 0.3 is 0 Å². The van der Waals surface area contributed by atoms with Crippen molar-refractivity contribution in [2.45, 2.75) is 6.92 Å². The summed E-state index contributed by atoms with van der Waals surface area (Å²) in [6.45, 7) is 1.87. The zero-order chi connectivity index (χ0) is 15.8. The second-order valence-electron chi connectivity index (χ2n) is 5.38. The van der Waals surface area contributed by atoms with Crippen LogP contribution >= 0.6 is 0 Å². The number of benzene rings is 2. The van der Waals surface area contributed by atoms with E-state index < -0.39 is 0 Å². The smallest absolute Gasteiger partial charge is 0.257 e. The van der Waals surface area contributed by atoms with Crippen molar-refractivity contribution in [3.63, 3.8) is 0 Å². The molecule has 4 aromatic rings. The van der Waals surface area contributed by atoms with E-state index in [1.807, 2.05) is 61.5 Å². The number of hydrogen-bond donors (Lipinski definition) is 1. The first-order valence-electron chi connectivity index (χ1n) is 7.34. The summed E-state index contributed by atoms with van der Waals surface area (Å²) in [4.78, 5) is 15.6. The fourth-order valence-corrected chi connectivity index (χ4v) is 2.71. The van der Waals surface area contributed by atoms with E-state index in [2.05, 4.69) is 15.2 Å². The molecule has 0 atom stereocenters. The average molecular weight is 302 g/mol. The Labute approximate surface area is 131 Å². The van der Waals surface area contributed by atoms with Crippen LogP contribution in [0.25, 0.3) is 16.7 Å². The number of H-pyrrole nitrogens is 1. The lowest BCUT2D eigenvalue weighted by atomic mass is 10.2. The summed E-state index contributed by atoms with van der Waals surface area (Å²) < 4.78 is 1.64. The standard InChI is InChI=1S/C18H14N4O/c1-12-11-16(23)22-15-10-6-5-9-14(15)19-18(22)17(12)21-20-13-7-3-2-4-8-13/h2-11,19H,1H3. The molecule has 112 valence electrons. The van der Waals surface area contributed by atoms with Crippen molar-refractivity contribution in [1.82, 2.24) is 9.38 Å². The molecule has 0 radical (unpaired) electrons. The van der Waals surface area contributed by atoms with Crippen molar-refractivity contribution >= 4 is 28.1 Å². The van der Waals surface area contributed by atoms with Crippen LogP contribution in [-0.2, 0) is 0 Å². The summed E-state index contributed by atoms with van der Waals surface area (Å²) in [5.74, 6) is 0. The van der Waals surface area contributed by atoms with Crippen molar-refractivity contribution in [3.8, 4) is 0 Å². The second-order valence-corrected chi connectivity index (χ2v) is 5.38. The molecule has 23 heavy (non-hydrogen) atoms. The van der Waals surface area contributed by atoms with Crippen LogP contribution in [-0.4, -0.2) is 9.38 Å². The summed E-state index contributed by atoms with van der Waals surface area (Å²) in [5, 5.41) is 8.65. The van der Waals surface area contributed by atoms with Crippen molar-refractivity contribution < 1.29 is 0 Å². The minimum absolute atomic E-state index is 0.0754. The largest absolute Gasteiger partial charge is 0.338 e. The zero-order valence-corrected chi connectivity index (χ0v) is 12.5. The van der Waals surface area contributed by atoms with E-state index in [-0.39, 0.29) is 5.56 Å². The van der Waals surface area contributed by atoms with Crippen LogP contribution in [0.2, 0.25) is 0 Å². The maximum atomic E-state index is 12.4. The molecule has 0 bridgehead atoms. The minimum atomic E-state index is -0.0754. The molecule has 0 saturated carbocycles. The van der Waals surface area contributed by atoms with Gasteiger partial charge in [0, 0.05) is 6.07 Å². The van der Waals surface area contributed by atoms with Crippen molar-refractivity contribution in [1.29, 1.82) is 0 Å². The van der Waals surface area contributed by atoms with Crippen LogP contribution < -0.4 is 5.56 Å². The average Bonchev–Trinajstić information content (AvgIpc) is 2.95.